The van der Waals surface area contributed by atoms with Crippen molar-refractivity contribution in [3.8, 4) is 34.1 Å². The Labute approximate surface area is 205 Å². The van der Waals surface area contributed by atoms with Crippen LogP contribution in [0.4, 0.5) is 0 Å². The van der Waals surface area contributed by atoms with Crippen molar-refractivity contribution in [1.82, 2.24) is 5.16 Å². The zero-order valence-corrected chi connectivity index (χ0v) is 20.6. The van der Waals surface area contributed by atoms with Gasteiger partial charge in [-0.1, -0.05) is 56.7 Å². The van der Waals surface area contributed by atoms with Crippen LogP contribution in [0.3, 0.4) is 0 Å². The van der Waals surface area contributed by atoms with E-state index >= 15 is 0 Å². The molecule has 4 heteroatoms. The predicted octanol–water partition coefficient (Wildman–Crippen LogP) is 8.87. The summed E-state index contributed by atoms with van der Waals surface area (Å²) >= 11 is 0. The highest BCUT2D eigenvalue weighted by Crippen LogP contribution is 2.28. The molecule has 0 unspecified atom stereocenters. The number of hydrogen-bond acceptors (Lipinski definition) is 4. The Morgan fingerprint density at radius 3 is 1.91 bits per heavy atom. The van der Waals surface area contributed by atoms with Gasteiger partial charge >= 0.3 is 0 Å². The maximum Gasteiger partial charge on any atom is 0.167 e. The van der Waals surface area contributed by atoms with Gasteiger partial charge in [-0.25, -0.2) is 0 Å². The van der Waals surface area contributed by atoms with Crippen LogP contribution in [0.2, 0.25) is 0 Å². The first-order chi connectivity index (χ1) is 16.8. The molecular weight excluding hydrogens is 422 g/mol. The van der Waals surface area contributed by atoms with E-state index < -0.39 is 0 Å². The zero-order valence-electron chi connectivity index (χ0n) is 20.6. The SMILES string of the molecule is C=CCCCCOc1ccc(-c2cc(-c3ccc(OCCCCCCCCC)cc3)on2)cc1. The minimum Gasteiger partial charge on any atom is -0.494 e. The van der Waals surface area contributed by atoms with Crippen molar-refractivity contribution in [2.45, 2.75) is 71.1 Å². The van der Waals surface area contributed by atoms with Crippen molar-refractivity contribution < 1.29 is 14.0 Å². The molecule has 0 radical (unpaired) electrons. The molecule has 0 fully saturated rings. The second kappa shape index (κ2) is 15.0. The Hall–Kier alpha value is -3.01. The van der Waals surface area contributed by atoms with Crippen molar-refractivity contribution in [3.05, 3.63) is 67.3 Å². The van der Waals surface area contributed by atoms with Crippen molar-refractivity contribution in [3.63, 3.8) is 0 Å². The summed E-state index contributed by atoms with van der Waals surface area (Å²) in [6.45, 7) is 7.49. The van der Waals surface area contributed by atoms with Gasteiger partial charge in [-0.3, -0.25) is 0 Å². The van der Waals surface area contributed by atoms with E-state index in [1.807, 2.05) is 60.7 Å². The molecule has 0 saturated carbocycles. The molecule has 0 amide bonds. The molecule has 0 spiro atoms. The van der Waals surface area contributed by atoms with E-state index in [0.29, 0.717) is 0 Å². The molecule has 0 aliphatic heterocycles. The molecule has 0 bridgehead atoms. The van der Waals surface area contributed by atoms with Gasteiger partial charge in [0.15, 0.2) is 5.76 Å². The van der Waals surface area contributed by atoms with Gasteiger partial charge in [0, 0.05) is 17.2 Å². The highest BCUT2D eigenvalue weighted by atomic mass is 16.5. The summed E-state index contributed by atoms with van der Waals surface area (Å²) in [6, 6.07) is 18.0. The Bertz CT molecular complexity index is 944. The van der Waals surface area contributed by atoms with Gasteiger partial charge in [-0.05, 0) is 74.2 Å². The standard InChI is InChI=1S/C30H39NO3/c1-3-5-7-9-10-11-13-23-33-28-20-16-26(17-21-28)30-24-29(31-34-30)25-14-18-27(19-15-25)32-22-12-8-6-4-2/h4,14-21,24H,2-3,5-13,22-23H2,1H3. The summed E-state index contributed by atoms with van der Waals surface area (Å²) in [5.74, 6) is 2.52. The largest absolute Gasteiger partial charge is 0.494 e. The van der Waals surface area contributed by atoms with Crippen molar-refractivity contribution >= 4 is 0 Å². The Kier molecular flexibility index (Phi) is 11.3. The Morgan fingerprint density at radius 2 is 1.29 bits per heavy atom. The fourth-order valence-electron chi connectivity index (χ4n) is 3.81. The summed E-state index contributed by atoms with van der Waals surface area (Å²) in [4.78, 5) is 0. The van der Waals surface area contributed by atoms with Crippen LogP contribution in [-0.4, -0.2) is 18.4 Å². The first-order valence-electron chi connectivity index (χ1n) is 12.8. The smallest absolute Gasteiger partial charge is 0.167 e. The molecule has 1 aromatic heterocycles. The summed E-state index contributed by atoms with van der Waals surface area (Å²) < 4.78 is 17.3. The molecule has 3 aromatic rings. The maximum atomic E-state index is 5.90. The third-order valence-electron chi connectivity index (χ3n) is 5.89. The normalized spacial score (nSPS) is 10.9. The molecule has 34 heavy (non-hydrogen) atoms. The molecule has 3 rings (SSSR count). The van der Waals surface area contributed by atoms with E-state index in [9.17, 15) is 0 Å². The fraction of sp³-hybridized carbons (Fsp3) is 0.433. The minimum atomic E-state index is 0.722. The summed E-state index contributed by atoms with van der Waals surface area (Å²) in [5.41, 5.74) is 2.80. The van der Waals surface area contributed by atoms with Gasteiger partial charge in [0.25, 0.3) is 0 Å². The van der Waals surface area contributed by atoms with Crippen LogP contribution in [0, 0.1) is 0 Å². The molecule has 0 aliphatic carbocycles. The van der Waals surface area contributed by atoms with E-state index in [2.05, 4.69) is 18.7 Å². The molecule has 0 aliphatic rings. The first kappa shape index (κ1) is 25.6. The molecule has 0 N–H and O–H groups in total. The highest BCUT2D eigenvalue weighted by Gasteiger charge is 2.09. The highest BCUT2D eigenvalue weighted by molar-refractivity contribution is 5.67. The van der Waals surface area contributed by atoms with Gasteiger partial charge < -0.3 is 14.0 Å². The number of nitrogens with zero attached hydrogens (tertiary/aromatic N) is 1. The lowest BCUT2D eigenvalue weighted by atomic mass is 10.1. The Morgan fingerprint density at radius 1 is 0.735 bits per heavy atom. The average Bonchev–Trinajstić information content (AvgIpc) is 3.37. The molecule has 182 valence electrons. The minimum absolute atomic E-state index is 0.722. The molecule has 0 saturated heterocycles. The van der Waals surface area contributed by atoms with Crippen LogP contribution in [0.5, 0.6) is 11.5 Å². The second-order valence-electron chi connectivity index (χ2n) is 8.73. The van der Waals surface area contributed by atoms with E-state index in [1.165, 1.54) is 38.5 Å². The third kappa shape index (κ3) is 8.74. The Balaban J connectivity index is 1.43. The summed E-state index contributed by atoms with van der Waals surface area (Å²) in [5, 5.41) is 4.25. The van der Waals surface area contributed by atoms with Crippen LogP contribution >= 0.6 is 0 Å². The van der Waals surface area contributed by atoms with Crippen LogP contribution in [0.15, 0.2) is 71.8 Å². The zero-order chi connectivity index (χ0) is 23.8. The first-order valence-corrected chi connectivity index (χ1v) is 12.8. The van der Waals surface area contributed by atoms with Gasteiger partial charge in [0.2, 0.25) is 0 Å². The maximum absolute atomic E-state index is 5.90. The second-order valence-corrected chi connectivity index (χ2v) is 8.73. The van der Waals surface area contributed by atoms with Crippen LogP contribution in [0.25, 0.3) is 22.6 Å². The van der Waals surface area contributed by atoms with Crippen LogP contribution in [-0.2, 0) is 0 Å². The number of hydrogen-bond donors (Lipinski definition) is 0. The van der Waals surface area contributed by atoms with E-state index in [-0.39, 0.29) is 0 Å². The number of aromatic nitrogens is 1. The number of unbranched alkanes of at least 4 members (excludes halogenated alkanes) is 8. The predicted molar refractivity (Wildman–Crippen MR) is 140 cm³/mol. The lowest BCUT2D eigenvalue weighted by Crippen LogP contribution is -1.97. The van der Waals surface area contributed by atoms with E-state index in [0.717, 1.165) is 73.0 Å². The number of rotatable bonds is 17. The van der Waals surface area contributed by atoms with Gasteiger partial charge in [0.1, 0.15) is 17.2 Å². The van der Waals surface area contributed by atoms with Crippen molar-refractivity contribution in [1.29, 1.82) is 0 Å². The molecule has 0 atom stereocenters. The monoisotopic (exact) mass is 461 g/mol. The summed E-state index contributed by atoms with van der Waals surface area (Å²) in [6.07, 6.45) is 14.1. The van der Waals surface area contributed by atoms with Gasteiger partial charge in [-0.2, -0.15) is 0 Å². The lowest BCUT2D eigenvalue weighted by molar-refractivity contribution is 0.304. The fourth-order valence-corrected chi connectivity index (χ4v) is 3.81. The quantitative estimate of drug-likeness (QED) is 0.149. The molecule has 1 heterocycles. The lowest BCUT2D eigenvalue weighted by Gasteiger charge is -2.06. The van der Waals surface area contributed by atoms with Crippen LogP contribution in [0.1, 0.15) is 71.1 Å². The average molecular weight is 462 g/mol. The molecule has 2 aromatic carbocycles. The van der Waals surface area contributed by atoms with Crippen molar-refractivity contribution in [2.75, 3.05) is 13.2 Å². The van der Waals surface area contributed by atoms with E-state index in [1.54, 1.807) is 0 Å². The van der Waals surface area contributed by atoms with Gasteiger partial charge in [-0.15, -0.1) is 6.58 Å². The number of benzene rings is 2. The third-order valence-corrected chi connectivity index (χ3v) is 5.89. The van der Waals surface area contributed by atoms with Crippen LogP contribution < -0.4 is 9.47 Å². The topological polar surface area (TPSA) is 44.5 Å². The molecule has 4 nitrogen and oxygen atoms in total. The van der Waals surface area contributed by atoms with Gasteiger partial charge in [0.05, 0.1) is 13.2 Å². The van der Waals surface area contributed by atoms with Crippen molar-refractivity contribution in [2.24, 2.45) is 0 Å². The van der Waals surface area contributed by atoms with E-state index in [4.69, 9.17) is 14.0 Å². The number of allylic oxidation sites excluding steroid dienone is 1. The molecular formula is C30H39NO3. The number of ether oxygens (including phenoxy) is 2. The summed E-state index contributed by atoms with van der Waals surface area (Å²) in [7, 11) is 0.